The minimum Gasteiger partial charge on any atom is -0.494 e. The van der Waals surface area contributed by atoms with Crippen LogP contribution in [-0.2, 0) is 13.6 Å². The van der Waals surface area contributed by atoms with Gasteiger partial charge in [0, 0.05) is 48.2 Å². The molecule has 10 nitrogen and oxygen atoms in total. The Labute approximate surface area is 265 Å². The van der Waals surface area contributed by atoms with Crippen LogP contribution in [-0.4, -0.2) is 80.1 Å². The number of imidazole rings is 1. The van der Waals surface area contributed by atoms with Crippen LogP contribution >= 0.6 is 0 Å². The van der Waals surface area contributed by atoms with E-state index in [1.54, 1.807) is 7.11 Å². The highest BCUT2D eigenvalue weighted by Crippen LogP contribution is 2.41. The van der Waals surface area contributed by atoms with Crippen LogP contribution in [0.3, 0.4) is 0 Å². The molecule has 0 spiro atoms. The van der Waals surface area contributed by atoms with Crippen molar-refractivity contribution in [2.75, 3.05) is 20.2 Å². The number of nitrogens with one attached hydrogen (secondary N) is 1. The maximum absolute atomic E-state index is 13.8. The molecule has 1 saturated carbocycles. The van der Waals surface area contributed by atoms with Crippen LogP contribution in [0.2, 0.25) is 0 Å². The molecule has 3 saturated heterocycles. The number of rotatable bonds is 7. The minimum atomic E-state index is -2.81. The Bertz CT molecular complexity index is 1890. The van der Waals surface area contributed by atoms with Crippen LogP contribution < -0.4 is 15.8 Å². The molecule has 0 radical (unpaired) electrons. The summed E-state index contributed by atoms with van der Waals surface area (Å²) in [5, 5.41) is 3.91. The lowest BCUT2D eigenvalue weighted by Crippen LogP contribution is -2.61. The van der Waals surface area contributed by atoms with Gasteiger partial charge < -0.3 is 34.7 Å². The predicted octanol–water partition coefficient (Wildman–Crippen LogP) is 5.04. The van der Waals surface area contributed by atoms with Crippen molar-refractivity contribution in [2.24, 2.45) is 18.7 Å². The van der Waals surface area contributed by atoms with Crippen LogP contribution in [0.15, 0.2) is 36.4 Å². The quantitative estimate of drug-likeness (QED) is 0.297. The molecule has 3 amide bonds. The van der Waals surface area contributed by atoms with Gasteiger partial charge in [-0.3, -0.25) is 4.79 Å². The summed E-state index contributed by atoms with van der Waals surface area (Å²) in [6.07, 6.45) is 5.11. The molecule has 4 aromatic rings. The number of ether oxygens (including phenoxy) is 1. The van der Waals surface area contributed by atoms with E-state index in [1.807, 2.05) is 47.7 Å². The second-order valence-electron chi connectivity index (χ2n) is 13.7. The Hall–Kier alpha value is -4.19. The standard InChI is InChI=1S/C34H39F2N7O3/c1-18(38-33(45)41-16-34(35,36)17-41)20-6-7-21-12-28(42(27(21)11-20)15-19-4-5-19)31-39-25-10-22(13-29(46-3)30(25)40(31)2)32(44)43-23-8-9-26(43)24(37)14-23/h6-7,10-13,18-19,23-24,26H,4-5,8-9,14-17,37H2,1-3H3,(H,38,45)/t18-,23+,24-,26-/m1/s1. The van der Waals surface area contributed by atoms with Crippen molar-refractivity contribution in [1.82, 2.24) is 29.2 Å². The number of amides is 3. The SMILES string of the molecule is COc1cc(C(=O)N2[C@H]3CC[C@@H]2[C@H](N)C3)cc2nc(-c3cc4ccc([C@@H](C)NC(=O)N5CC(F)(F)C5)cc4n3CC3CC3)n(C)c12. The first-order valence-electron chi connectivity index (χ1n) is 16.2. The number of carbonyl (C=O) groups is 2. The smallest absolute Gasteiger partial charge is 0.318 e. The summed E-state index contributed by atoms with van der Waals surface area (Å²) in [5.41, 5.74) is 11.3. The van der Waals surface area contributed by atoms with Gasteiger partial charge in [0.15, 0.2) is 5.82 Å². The molecule has 0 unspecified atom stereocenters. The van der Waals surface area contributed by atoms with Gasteiger partial charge in [-0.25, -0.2) is 18.6 Å². The molecule has 12 heteroatoms. The first-order valence-corrected chi connectivity index (χ1v) is 16.2. The Morgan fingerprint density at radius 3 is 2.57 bits per heavy atom. The van der Waals surface area contributed by atoms with Crippen LogP contribution in [0.5, 0.6) is 5.75 Å². The lowest BCUT2D eigenvalue weighted by molar-refractivity contribution is -0.110. The molecule has 1 aliphatic carbocycles. The molecule has 8 rings (SSSR count). The van der Waals surface area contributed by atoms with E-state index in [-0.39, 0.29) is 30.1 Å². The van der Waals surface area contributed by atoms with Crippen LogP contribution in [0, 0.1) is 5.92 Å². The summed E-state index contributed by atoms with van der Waals surface area (Å²) in [5.74, 6) is -0.904. The number of alkyl halides is 2. The molecule has 2 aromatic heterocycles. The summed E-state index contributed by atoms with van der Waals surface area (Å²) in [7, 11) is 3.58. The number of likely N-dealkylation sites (tertiary alicyclic amines) is 1. The number of aromatic nitrogens is 3. The summed E-state index contributed by atoms with van der Waals surface area (Å²) < 4.78 is 36.8. The largest absolute Gasteiger partial charge is 0.494 e. The van der Waals surface area contributed by atoms with Crippen molar-refractivity contribution in [1.29, 1.82) is 0 Å². The molecule has 4 aliphatic rings. The number of urea groups is 1. The maximum atomic E-state index is 13.8. The fourth-order valence-corrected chi connectivity index (χ4v) is 7.82. The summed E-state index contributed by atoms with van der Waals surface area (Å²) in [6.45, 7) is 1.59. The van der Waals surface area contributed by atoms with E-state index in [1.165, 1.54) is 0 Å². The number of methoxy groups -OCH3 is 1. The number of carbonyl (C=O) groups excluding carboxylic acids is 2. The van der Waals surface area contributed by atoms with Gasteiger partial charge in [-0.05, 0) is 74.8 Å². The predicted molar refractivity (Wildman–Crippen MR) is 170 cm³/mol. The third-order valence-electron chi connectivity index (χ3n) is 10.5. The number of aryl methyl sites for hydroxylation is 1. The van der Waals surface area contributed by atoms with Gasteiger partial charge >= 0.3 is 6.03 Å². The zero-order chi connectivity index (χ0) is 32.1. The van der Waals surface area contributed by atoms with Crippen molar-refractivity contribution in [3.63, 3.8) is 0 Å². The topological polar surface area (TPSA) is 111 Å². The Morgan fingerprint density at radius 1 is 1.13 bits per heavy atom. The number of nitrogens with two attached hydrogens (primary N) is 1. The number of halogens is 2. The molecule has 4 atom stereocenters. The fourth-order valence-electron chi connectivity index (χ4n) is 7.82. The van der Waals surface area contributed by atoms with E-state index < -0.39 is 25.0 Å². The van der Waals surface area contributed by atoms with Gasteiger partial charge in [0.05, 0.1) is 37.5 Å². The highest BCUT2D eigenvalue weighted by Gasteiger charge is 2.48. The van der Waals surface area contributed by atoms with E-state index in [2.05, 4.69) is 22.0 Å². The molecule has 3 aliphatic heterocycles. The maximum Gasteiger partial charge on any atom is 0.318 e. The lowest BCUT2D eigenvalue weighted by Gasteiger charge is -2.39. The molecule has 242 valence electrons. The van der Waals surface area contributed by atoms with Gasteiger partial charge in [0.1, 0.15) is 11.3 Å². The second-order valence-corrected chi connectivity index (χ2v) is 13.7. The Balaban J connectivity index is 1.15. The van der Waals surface area contributed by atoms with Gasteiger partial charge in [-0.15, -0.1) is 0 Å². The van der Waals surface area contributed by atoms with Crippen molar-refractivity contribution >= 4 is 33.9 Å². The van der Waals surface area contributed by atoms with Crippen LogP contribution in [0.1, 0.15) is 61.0 Å². The highest BCUT2D eigenvalue weighted by molar-refractivity contribution is 6.01. The summed E-state index contributed by atoms with van der Waals surface area (Å²) >= 11 is 0. The fraction of sp³-hybridized carbons (Fsp3) is 0.500. The average molecular weight is 632 g/mol. The first kappa shape index (κ1) is 29.2. The Kier molecular flexibility index (Phi) is 6.62. The molecule has 2 aromatic carbocycles. The van der Waals surface area contributed by atoms with E-state index in [9.17, 15) is 18.4 Å². The van der Waals surface area contributed by atoms with Gasteiger partial charge in [0.25, 0.3) is 11.8 Å². The number of hydrogen-bond donors (Lipinski definition) is 2. The average Bonchev–Trinajstić information content (AvgIpc) is 3.33. The van der Waals surface area contributed by atoms with E-state index in [4.69, 9.17) is 15.5 Å². The number of benzene rings is 2. The number of fused-ring (bicyclic) bond motifs is 4. The number of hydrogen-bond acceptors (Lipinski definition) is 5. The summed E-state index contributed by atoms with van der Waals surface area (Å²) in [4.78, 5) is 34.5. The van der Waals surface area contributed by atoms with Crippen LogP contribution in [0.4, 0.5) is 13.6 Å². The molecule has 5 heterocycles. The zero-order valence-electron chi connectivity index (χ0n) is 26.3. The third-order valence-corrected chi connectivity index (χ3v) is 10.5. The normalized spacial score (nSPS) is 24.1. The van der Waals surface area contributed by atoms with Crippen molar-refractivity contribution in [3.8, 4) is 17.3 Å². The third kappa shape index (κ3) is 4.71. The van der Waals surface area contributed by atoms with Crippen molar-refractivity contribution < 1.29 is 23.1 Å². The molecular weight excluding hydrogens is 592 g/mol. The van der Waals surface area contributed by atoms with Crippen molar-refractivity contribution in [2.45, 2.75) is 75.7 Å². The van der Waals surface area contributed by atoms with E-state index >= 15 is 0 Å². The molecule has 4 fully saturated rings. The van der Waals surface area contributed by atoms with Gasteiger partial charge in [0.2, 0.25) is 0 Å². The first-order chi connectivity index (χ1) is 22.0. The van der Waals surface area contributed by atoms with E-state index in [0.717, 1.165) is 77.1 Å². The summed E-state index contributed by atoms with van der Waals surface area (Å²) in [6, 6.07) is 11.3. The van der Waals surface area contributed by atoms with Crippen LogP contribution in [0.25, 0.3) is 33.5 Å². The molecule has 46 heavy (non-hydrogen) atoms. The van der Waals surface area contributed by atoms with E-state index in [0.29, 0.717) is 22.7 Å². The van der Waals surface area contributed by atoms with Gasteiger partial charge in [-0.1, -0.05) is 12.1 Å². The monoisotopic (exact) mass is 631 g/mol. The highest BCUT2D eigenvalue weighted by atomic mass is 19.3. The van der Waals surface area contributed by atoms with Crippen molar-refractivity contribution in [3.05, 3.63) is 47.5 Å². The second kappa shape index (κ2) is 10.4. The molecular formula is C34H39F2N7O3. The lowest BCUT2D eigenvalue weighted by atomic mass is 9.97. The molecule has 2 bridgehead atoms. The molecule has 3 N–H and O–H groups in total. The van der Waals surface area contributed by atoms with Gasteiger partial charge in [-0.2, -0.15) is 0 Å². The minimum absolute atomic E-state index is 0.0211. The Morgan fingerprint density at radius 2 is 1.91 bits per heavy atom. The number of nitrogens with zero attached hydrogens (tertiary/aromatic N) is 5. The zero-order valence-corrected chi connectivity index (χ0v) is 26.3.